The van der Waals surface area contributed by atoms with Crippen molar-refractivity contribution in [2.24, 2.45) is 0 Å². The Morgan fingerprint density at radius 3 is 2.65 bits per heavy atom. The van der Waals surface area contributed by atoms with Crippen molar-refractivity contribution in [1.29, 1.82) is 0 Å². The molecular weight excluding hydrogens is 456 g/mol. The predicted molar refractivity (Wildman–Crippen MR) is 129 cm³/mol. The first-order chi connectivity index (χ1) is 16.5. The van der Waals surface area contributed by atoms with Crippen LogP contribution in [0, 0.1) is 0 Å². The number of nitrogens with zero attached hydrogens (tertiary/aromatic N) is 3. The molecule has 2 heterocycles. The molecule has 10 heteroatoms. The van der Waals surface area contributed by atoms with Crippen LogP contribution in [0.15, 0.2) is 52.1 Å². The van der Waals surface area contributed by atoms with Gasteiger partial charge < -0.3 is 24.1 Å². The van der Waals surface area contributed by atoms with E-state index in [4.69, 9.17) is 14.2 Å². The Morgan fingerprint density at radius 2 is 1.94 bits per heavy atom. The van der Waals surface area contributed by atoms with Crippen molar-refractivity contribution in [3.8, 4) is 17.2 Å². The molecule has 0 aliphatic rings. The number of amides is 1. The number of ether oxygens (including phenoxy) is 3. The number of carbonyl (C=O) groups is 1. The summed E-state index contributed by atoms with van der Waals surface area (Å²) >= 11 is 1.50. The fourth-order valence-electron chi connectivity index (χ4n) is 3.46. The molecule has 4 aromatic rings. The van der Waals surface area contributed by atoms with Crippen molar-refractivity contribution < 1.29 is 19.0 Å². The van der Waals surface area contributed by atoms with Gasteiger partial charge in [0.25, 0.3) is 11.5 Å². The second-order valence-electron chi connectivity index (χ2n) is 7.35. The highest BCUT2D eigenvalue weighted by molar-refractivity contribution is 7.07. The Kier molecular flexibility index (Phi) is 7.07. The normalized spacial score (nSPS) is 10.8. The van der Waals surface area contributed by atoms with Crippen molar-refractivity contribution in [1.82, 2.24) is 19.9 Å². The zero-order valence-corrected chi connectivity index (χ0v) is 19.8. The molecule has 0 radical (unpaired) electrons. The van der Waals surface area contributed by atoms with Gasteiger partial charge in [-0.05, 0) is 31.2 Å². The van der Waals surface area contributed by atoms with Crippen LogP contribution in [0.3, 0.4) is 0 Å². The highest BCUT2D eigenvalue weighted by Crippen LogP contribution is 2.30. The number of methoxy groups -OCH3 is 2. The van der Waals surface area contributed by atoms with Gasteiger partial charge in [0, 0.05) is 23.6 Å². The molecule has 0 saturated heterocycles. The lowest BCUT2D eigenvalue weighted by molar-refractivity contribution is 0.0748. The van der Waals surface area contributed by atoms with Crippen LogP contribution in [0.2, 0.25) is 0 Å². The van der Waals surface area contributed by atoms with E-state index in [-0.39, 0.29) is 18.0 Å². The maximum atomic E-state index is 13.2. The van der Waals surface area contributed by atoms with Crippen molar-refractivity contribution >= 4 is 28.1 Å². The number of benzene rings is 2. The first-order valence-electron chi connectivity index (χ1n) is 10.6. The highest BCUT2D eigenvalue weighted by Gasteiger charge is 2.18. The van der Waals surface area contributed by atoms with Gasteiger partial charge >= 0.3 is 0 Å². The zero-order valence-electron chi connectivity index (χ0n) is 19.0. The van der Waals surface area contributed by atoms with Gasteiger partial charge in [-0.1, -0.05) is 6.07 Å². The van der Waals surface area contributed by atoms with Crippen molar-refractivity contribution in [2.45, 2.75) is 20.1 Å². The third-order valence-corrected chi connectivity index (χ3v) is 5.86. The number of hydrogen-bond donors (Lipinski definition) is 1. The molecule has 2 aromatic carbocycles. The number of aromatic nitrogens is 3. The van der Waals surface area contributed by atoms with E-state index >= 15 is 0 Å². The molecule has 0 fully saturated rings. The Hall–Kier alpha value is -3.92. The topological polar surface area (TPSA) is 107 Å². The number of nitrogens with one attached hydrogen (secondary N) is 1. The SMILES string of the molecule is CCN(Cc1nc2cc(OC)c(OC)cc2c(=O)[nH]1)C(=O)c1cccc(OCc2cscn2)c1. The monoisotopic (exact) mass is 480 g/mol. The van der Waals surface area contributed by atoms with Crippen LogP contribution in [0.5, 0.6) is 17.2 Å². The molecule has 0 atom stereocenters. The standard InChI is InChI=1S/C24H24N4O5S/c1-4-28(24(30)15-6-5-7-17(8-15)33-12-16-13-34-14-25-16)11-22-26-19-10-21(32-3)20(31-2)9-18(19)23(29)27-22/h5-10,13-14H,4,11-12H2,1-3H3,(H,26,27,29). The predicted octanol–water partition coefficient (Wildman–Crippen LogP) is 3.64. The number of hydrogen-bond acceptors (Lipinski definition) is 8. The summed E-state index contributed by atoms with van der Waals surface area (Å²) in [5.41, 5.74) is 3.19. The van der Waals surface area contributed by atoms with Crippen molar-refractivity contribution in [3.05, 3.63) is 74.7 Å². The molecule has 0 aliphatic carbocycles. The number of thiazole rings is 1. The largest absolute Gasteiger partial charge is 0.493 e. The Labute approximate surface area is 200 Å². The maximum Gasteiger partial charge on any atom is 0.258 e. The molecule has 0 saturated carbocycles. The van der Waals surface area contributed by atoms with Gasteiger partial charge in [-0.3, -0.25) is 9.59 Å². The highest BCUT2D eigenvalue weighted by atomic mass is 32.1. The van der Waals surface area contributed by atoms with E-state index in [0.29, 0.717) is 52.7 Å². The second-order valence-corrected chi connectivity index (χ2v) is 8.07. The minimum absolute atomic E-state index is 0.138. The Balaban J connectivity index is 1.55. The summed E-state index contributed by atoms with van der Waals surface area (Å²) in [5.74, 6) is 1.66. The first-order valence-corrected chi connectivity index (χ1v) is 11.5. The van der Waals surface area contributed by atoms with Gasteiger partial charge in [0.1, 0.15) is 18.2 Å². The molecule has 0 bridgehead atoms. The Morgan fingerprint density at radius 1 is 1.15 bits per heavy atom. The molecule has 34 heavy (non-hydrogen) atoms. The van der Waals surface area contributed by atoms with E-state index < -0.39 is 0 Å². The summed E-state index contributed by atoms with van der Waals surface area (Å²) in [6.07, 6.45) is 0. The third-order valence-electron chi connectivity index (χ3n) is 5.22. The van der Waals surface area contributed by atoms with Crippen LogP contribution < -0.4 is 19.8 Å². The van der Waals surface area contributed by atoms with Gasteiger partial charge in [0.15, 0.2) is 11.5 Å². The van der Waals surface area contributed by atoms with E-state index in [2.05, 4.69) is 15.0 Å². The minimum atomic E-state index is -0.318. The first kappa shape index (κ1) is 23.2. The second kappa shape index (κ2) is 10.3. The number of fused-ring (bicyclic) bond motifs is 1. The van der Waals surface area contributed by atoms with Crippen molar-refractivity contribution in [2.75, 3.05) is 20.8 Å². The third kappa shape index (κ3) is 5.01. The summed E-state index contributed by atoms with van der Waals surface area (Å²) in [6, 6.07) is 10.2. The van der Waals surface area contributed by atoms with Gasteiger partial charge in [-0.15, -0.1) is 11.3 Å². The summed E-state index contributed by atoms with van der Waals surface area (Å²) in [4.78, 5) is 39.0. The van der Waals surface area contributed by atoms with E-state index in [9.17, 15) is 9.59 Å². The number of H-pyrrole nitrogens is 1. The molecule has 0 aliphatic heterocycles. The van der Waals surface area contributed by atoms with Gasteiger partial charge in [0.05, 0.1) is 42.9 Å². The Bertz CT molecular complexity index is 1350. The quantitative estimate of drug-likeness (QED) is 0.390. The summed E-state index contributed by atoms with van der Waals surface area (Å²) in [5, 5.41) is 2.29. The average molecular weight is 481 g/mol. The van der Waals surface area contributed by atoms with Crippen LogP contribution in [-0.2, 0) is 13.2 Å². The molecule has 1 amide bonds. The number of aromatic amines is 1. The van der Waals surface area contributed by atoms with E-state index in [1.54, 1.807) is 46.8 Å². The molecule has 9 nitrogen and oxygen atoms in total. The van der Waals surface area contributed by atoms with Gasteiger partial charge in [-0.2, -0.15) is 0 Å². The minimum Gasteiger partial charge on any atom is -0.493 e. The van der Waals surface area contributed by atoms with Crippen molar-refractivity contribution in [3.63, 3.8) is 0 Å². The molecular formula is C24H24N4O5S. The van der Waals surface area contributed by atoms with E-state index in [1.165, 1.54) is 25.6 Å². The summed E-state index contributed by atoms with van der Waals surface area (Å²) in [7, 11) is 3.02. The van der Waals surface area contributed by atoms with Crippen LogP contribution in [-0.4, -0.2) is 46.5 Å². The average Bonchev–Trinajstić information content (AvgIpc) is 3.39. The smallest absolute Gasteiger partial charge is 0.258 e. The molecule has 1 N–H and O–H groups in total. The molecule has 0 unspecified atom stereocenters. The zero-order chi connectivity index (χ0) is 24.1. The lowest BCUT2D eigenvalue weighted by atomic mass is 10.2. The van der Waals surface area contributed by atoms with E-state index in [0.717, 1.165) is 5.69 Å². The maximum absolute atomic E-state index is 13.2. The number of rotatable bonds is 9. The van der Waals surface area contributed by atoms with Gasteiger partial charge in [0.2, 0.25) is 0 Å². The summed E-state index contributed by atoms with van der Waals surface area (Å²) in [6.45, 7) is 2.76. The molecule has 2 aromatic heterocycles. The van der Waals surface area contributed by atoms with Crippen LogP contribution >= 0.6 is 11.3 Å². The summed E-state index contributed by atoms with van der Waals surface area (Å²) < 4.78 is 16.4. The lowest BCUT2D eigenvalue weighted by Gasteiger charge is -2.21. The molecule has 176 valence electrons. The lowest BCUT2D eigenvalue weighted by Crippen LogP contribution is -2.32. The van der Waals surface area contributed by atoms with Crippen LogP contribution in [0.4, 0.5) is 0 Å². The van der Waals surface area contributed by atoms with Gasteiger partial charge in [-0.25, -0.2) is 9.97 Å². The van der Waals surface area contributed by atoms with Crippen LogP contribution in [0.1, 0.15) is 28.8 Å². The number of carbonyl (C=O) groups excluding carboxylic acids is 1. The fourth-order valence-corrected chi connectivity index (χ4v) is 4.01. The van der Waals surface area contributed by atoms with Crippen LogP contribution in [0.25, 0.3) is 10.9 Å². The molecule has 4 rings (SSSR count). The van der Waals surface area contributed by atoms with E-state index in [1.807, 2.05) is 12.3 Å². The molecule has 0 spiro atoms. The fraction of sp³-hybridized carbons (Fsp3) is 0.250.